The van der Waals surface area contributed by atoms with E-state index >= 15 is 0 Å². The van der Waals surface area contributed by atoms with E-state index in [1.54, 1.807) is 27.8 Å². The summed E-state index contributed by atoms with van der Waals surface area (Å²) >= 11 is 0. The minimum Gasteiger partial charge on any atom is -0.487 e. The molecular formula is C21H20FN3O2. The molecule has 0 unspecified atom stereocenters. The summed E-state index contributed by atoms with van der Waals surface area (Å²) in [6.07, 6.45) is 0. The SMILES string of the molecule is C[C@@H](c1ccc(F)cc1)N1CCn2nc(COc3ccccc3)cc2C1=O. The summed E-state index contributed by atoms with van der Waals surface area (Å²) in [5, 5.41) is 4.49. The van der Waals surface area contributed by atoms with Gasteiger partial charge in [0.1, 0.15) is 29.6 Å². The van der Waals surface area contributed by atoms with Crippen molar-refractivity contribution in [3.63, 3.8) is 0 Å². The Balaban J connectivity index is 1.48. The van der Waals surface area contributed by atoms with Crippen LogP contribution >= 0.6 is 0 Å². The fourth-order valence-electron chi connectivity index (χ4n) is 3.30. The second kappa shape index (κ2) is 7.23. The van der Waals surface area contributed by atoms with Gasteiger partial charge < -0.3 is 9.64 Å². The van der Waals surface area contributed by atoms with Crippen molar-refractivity contribution >= 4 is 5.91 Å². The maximum absolute atomic E-state index is 13.2. The number of benzene rings is 2. The normalized spacial score (nSPS) is 14.7. The molecule has 0 spiro atoms. The summed E-state index contributed by atoms with van der Waals surface area (Å²) in [5.74, 6) is 0.412. The van der Waals surface area contributed by atoms with Crippen molar-refractivity contribution in [3.8, 4) is 5.75 Å². The van der Waals surface area contributed by atoms with Gasteiger partial charge in [-0.1, -0.05) is 30.3 Å². The number of aromatic nitrogens is 2. The monoisotopic (exact) mass is 365 g/mol. The molecule has 3 aromatic rings. The van der Waals surface area contributed by atoms with Crippen molar-refractivity contribution in [1.82, 2.24) is 14.7 Å². The zero-order valence-corrected chi connectivity index (χ0v) is 15.0. The molecule has 6 heteroatoms. The van der Waals surface area contributed by atoms with Gasteiger partial charge in [0, 0.05) is 6.54 Å². The first-order valence-electron chi connectivity index (χ1n) is 8.93. The molecule has 4 rings (SSSR count). The summed E-state index contributed by atoms with van der Waals surface area (Å²) in [6, 6.07) is 17.4. The number of fused-ring (bicyclic) bond motifs is 1. The van der Waals surface area contributed by atoms with Crippen molar-refractivity contribution in [2.75, 3.05) is 6.54 Å². The number of ether oxygens (including phenoxy) is 1. The Hall–Kier alpha value is -3.15. The fourth-order valence-corrected chi connectivity index (χ4v) is 3.30. The van der Waals surface area contributed by atoms with Crippen molar-refractivity contribution < 1.29 is 13.9 Å². The number of hydrogen-bond donors (Lipinski definition) is 0. The zero-order valence-electron chi connectivity index (χ0n) is 15.0. The number of nitrogens with zero attached hydrogens (tertiary/aromatic N) is 3. The molecule has 1 aliphatic rings. The predicted molar refractivity (Wildman–Crippen MR) is 98.9 cm³/mol. The Kier molecular flexibility index (Phi) is 4.62. The van der Waals surface area contributed by atoms with E-state index in [9.17, 15) is 9.18 Å². The molecule has 27 heavy (non-hydrogen) atoms. The Morgan fingerprint density at radius 1 is 1.11 bits per heavy atom. The fraction of sp³-hybridized carbons (Fsp3) is 0.238. The first kappa shape index (κ1) is 17.3. The van der Waals surface area contributed by atoms with Crippen molar-refractivity contribution in [2.24, 2.45) is 0 Å². The summed E-state index contributed by atoms with van der Waals surface area (Å²) in [5.41, 5.74) is 2.19. The lowest BCUT2D eigenvalue weighted by Gasteiger charge is -2.33. The van der Waals surface area contributed by atoms with Crippen LogP contribution in [0.3, 0.4) is 0 Å². The van der Waals surface area contributed by atoms with Crippen molar-refractivity contribution in [1.29, 1.82) is 0 Å². The van der Waals surface area contributed by atoms with Crippen molar-refractivity contribution in [3.05, 3.63) is 83.4 Å². The van der Waals surface area contributed by atoms with Gasteiger partial charge >= 0.3 is 0 Å². The smallest absolute Gasteiger partial charge is 0.272 e. The van der Waals surface area contributed by atoms with E-state index in [-0.39, 0.29) is 17.8 Å². The topological polar surface area (TPSA) is 47.4 Å². The quantitative estimate of drug-likeness (QED) is 0.691. The van der Waals surface area contributed by atoms with E-state index < -0.39 is 0 Å². The molecule has 1 atom stereocenters. The Bertz CT molecular complexity index is 938. The molecule has 2 heterocycles. The number of para-hydroxylation sites is 1. The number of carbonyl (C=O) groups is 1. The lowest BCUT2D eigenvalue weighted by molar-refractivity contribution is 0.0624. The average Bonchev–Trinajstić information content (AvgIpc) is 3.12. The number of carbonyl (C=O) groups excluding carboxylic acids is 1. The molecule has 1 aromatic heterocycles. The van der Waals surface area contributed by atoms with Gasteiger partial charge in [-0.25, -0.2) is 4.39 Å². The first-order chi connectivity index (χ1) is 13.1. The van der Waals surface area contributed by atoms with Gasteiger partial charge in [-0.15, -0.1) is 0 Å². The molecule has 0 saturated carbocycles. The molecule has 0 aliphatic carbocycles. The van der Waals surface area contributed by atoms with Crippen LogP contribution < -0.4 is 4.74 Å². The van der Waals surface area contributed by atoms with Crippen LogP contribution in [0.2, 0.25) is 0 Å². The highest BCUT2D eigenvalue weighted by molar-refractivity contribution is 5.93. The van der Waals surface area contributed by atoms with E-state index in [4.69, 9.17) is 4.74 Å². The zero-order chi connectivity index (χ0) is 18.8. The maximum atomic E-state index is 13.2. The van der Waals surface area contributed by atoms with Crippen LogP contribution in [0.4, 0.5) is 4.39 Å². The molecular weight excluding hydrogens is 345 g/mol. The summed E-state index contributed by atoms with van der Waals surface area (Å²) in [4.78, 5) is 14.7. The Morgan fingerprint density at radius 2 is 1.85 bits per heavy atom. The molecule has 5 nitrogen and oxygen atoms in total. The Labute approximate surface area is 157 Å². The third kappa shape index (κ3) is 3.56. The summed E-state index contributed by atoms with van der Waals surface area (Å²) in [7, 11) is 0. The van der Waals surface area contributed by atoms with Crippen LogP contribution in [0.25, 0.3) is 0 Å². The van der Waals surface area contributed by atoms with Gasteiger partial charge in [0.05, 0.1) is 12.6 Å². The molecule has 0 saturated heterocycles. The maximum Gasteiger partial charge on any atom is 0.272 e. The highest BCUT2D eigenvalue weighted by Gasteiger charge is 2.30. The molecule has 0 radical (unpaired) electrons. The minimum absolute atomic E-state index is 0.0727. The van der Waals surface area contributed by atoms with Crippen LogP contribution in [0, 0.1) is 5.82 Å². The largest absolute Gasteiger partial charge is 0.487 e. The predicted octanol–water partition coefficient (Wildman–Crippen LogP) is 3.82. The van der Waals surface area contributed by atoms with Gasteiger partial charge in [0.15, 0.2) is 0 Å². The number of rotatable bonds is 5. The third-order valence-electron chi connectivity index (χ3n) is 4.81. The number of halogens is 1. The van der Waals surface area contributed by atoms with Gasteiger partial charge in [-0.05, 0) is 42.8 Å². The highest BCUT2D eigenvalue weighted by Crippen LogP contribution is 2.25. The van der Waals surface area contributed by atoms with Crippen LogP contribution in [0.5, 0.6) is 5.75 Å². The van der Waals surface area contributed by atoms with Crippen LogP contribution in [-0.4, -0.2) is 27.1 Å². The van der Waals surface area contributed by atoms with Crippen LogP contribution in [0.15, 0.2) is 60.7 Å². The molecule has 0 N–H and O–H groups in total. The summed E-state index contributed by atoms with van der Waals surface area (Å²) < 4.78 is 20.6. The Morgan fingerprint density at radius 3 is 2.59 bits per heavy atom. The van der Waals surface area contributed by atoms with Crippen LogP contribution in [0.1, 0.15) is 34.7 Å². The molecule has 1 amide bonds. The molecule has 0 fully saturated rings. The first-order valence-corrected chi connectivity index (χ1v) is 8.93. The second-order valence-electron chi connectivity index (χ2n) is 6.57. The third-order valence-corrected chi connectivity index (χ3v) is 4.81. The molecule has 0 bridgehead atoms. The lowest BCUT2D eigenvalue weighted by atomic mass is 10.1. The standard InChI is InChI=1S/C21H20FN3O2/c1-15(16-7-9-17(22)10-8-16)24-11-12-25-20(21(24)26)13-18(23-25)14-27-19-5-3-2-4-6-19/h2-10,13,15H,11-12,14H2,1H3/t15-/m0/s1. The van der Waals surface area contributed by atoms with Gasteiger partial charge in [-0.3, -0.25) is 9.48 Å². The van der Waals surface area contributed by atoms with E-state index in [0.717, 1.165) is 17.0 Å². The van der Waals surface area contributed by atoms with E-state index in [0.29, 0.717) is 25.4 Å². The average molecular weight is 365 g/mol. The summed E-state index contributed by atoms with van der Waals surface area (Å²) in [6.45, 7) is 3.45. The van der Waals surface area contributed by atoms with Crippen molar-refractivity contribution in [2.45, 2.75) is 26.1 Å². The van der Waals surface area contributed by atoms with E-state index in [1.165, 1.54) is 12.1 Å². The molecule has 1 aliphatic heterocycles. The van der Waals surface area contributed by atoms with Gasteiger partial charge in [0.25, 0.3) is 5.91 Å². The van der Waals surface area contributed by atoms with E-state index in [1.807, 2.05) is 37.3 Å². The highest BCUT2D eigenvalue weighted by atomic mass is 19.1. The van der Waals surface area contributed by atoms with Gasteiger partial charge in [0.2, 0.25) is 0 Å². The lowest BCUT2D eigenvalue weighted by Crippen LogP contribution is -2.41. The van der Waals surface area contributed by atoms with Crippen LogP contribution in [-0.2, 0) is 13.2 Å². The second-order valence-corrected chi connectivity index (χ2v) is 6.57. The number of amides is 1. The van der Waals surface area contributed by atoms with E-state index in [2.05, 4.69) is 5.10 Å². The van der Waals surface area contributed by atoms with Gasteiger partial charge in [-0.2, -0.15) is 5.10 Å². The molecule has 2 aromatic carbocycles. The molecule has 138 valence electrons. The minimum atomic E-state index is -0.281. The number of hydrogen-bond acceptors (Lipinski definition) is 3.